The van der Waals surface area contributed by atoms with Gasteiger partial charge in [0.1, 0.15) is 5.82 Å². The minimum atomic E-state index is -0.193. The molecular weight excluding hydrogens is 326 g/mol. The lowest BCUT2D eigenvalue weighted by Gasteiger charge is -2.24. The van der Waals surface area contributed by atoms with Gasteiger partial charge in [0.2, 0.25) is 5.91 Å². The summed E-state index contributed by atoms with van der Waals surface area (Å²) in [5.41, 5.74) is 7.68. The molecule has 1 aromatic carbocycles. The molecule has 0 atom stereocenters. The van der Waals surface area contributed by atoms with Gasteiger partial charge in [-0.2, -0.15) is 5.10 Å². The Balaban J connectivity index is 1.97. The highest BCUT2D eigenvalue weighted by Gasteiger charge is 2.20. The van der Waals surface area contributed by atoms with Crippen LogP contribution in [0.4, 0.5) is 5.82 Å². The first-order valence-corrected chi connectivity index (χ1v) is 9.13. The Morgan fingerprint density at radius 3 is 2.54 bits per heavy atom. The van der Waals surface area contributed by atoms with Gasteiger partial charge in [-0.05, 0) is 39.7 Å². The van der Waals surface area contributed by atoms with Crippen LogP contribution < -0.4 is 11.1 Å². The molecule has 1 heterocycles. The van der Waals surface area contributed by atoms with Crippen molar-refractivity contribution in [2.24, 2.45) is 5.73 Å². The van der Waals surface area contributed by atoms with Crippen LogP contribution in [0.25, 0.3) is 0 Å². The first-order valence-electron chi connectivity index (χ1n) is 9.13. The Bertz CT molecular complexity index is 703. The molecular formula is C20H31N5O. The normalized spacial score (nSPS) is 11.8. The van der Waals surface area contributed by atoms with E-state index >= 15 is 0 Å². The zero-order chi connectivity index (χ0) is 19.2. The molecule has 0 bridgehead atoms. The van der Waals surface area contributed by atoms with Crippen molar-refractivity contribution in [2.45, 2.75) is 39.7 Å². The minimum absolute atomic E-state index is 0.0445. The SMILES string of the molecule is Cc1cc(NC(=O)CN(CCN)CCc2ccccc2)n(C(C)(C)C)n1. The van der Waals surface area contributed by atoms with Gasteiger partial charge in [0, 0.05) is 25.7 Å². The quantitative estimate of drug-likeness (QED) is 0.760. The summed E-state index contributed by atoms with van der Waals surface area (Å²) in [6.07, 6.45) is 0.896. The van der Waals surface area contributed by atoms with E-state index in [1.807, 2.05) is 35.9 Å². The third-order valence-electron chi connectivity index (χ3n) is 4.11. The molecule has 1 amide bonds. The molecule has 142 valence electrons. The Kier molecular flexibility index (Phi) is 6.94. The maximum absolute atomic E-state index is 12.6. The summed E-state index contributed by atoms with van der Waals surface area (Å²) in [5, 5.41) is 7.50. The number of hydrogen-bond donors (Lipinski definition) is 2. The van der Waals surface area contributed by atoms with Crippen LogP contribution in [-0.2, 0) is 16.8 Å². The van der Waals surface area contributed by atoms with Gasteiger partial charge in [0.15, 0.2) is 0 Å². The van der Waals surface area contributed by atoms with Gasteiger partial charge in [-0.3, -0.25) is 9.69 Å². The minimum Gasteiger partial charge on any atom is -0.329 e. The van der Waals surface area contributed by atoms with Crippen molar-refractivity contribution in [1.29, 1.82) is 0 Å². The number of nitrogens with zero attached hydrogens (tertiary/aromatic N) is 3. The van der Waals surface area contributed by atoms with Crippen molar-refractivity contribution in [3.63, 3.8) is 0 Å². The van der Waals surface area contributed by atoms with Crippen molar-refractivity contribution >= 4 is 11.7 Å². The summed E-state index contributed by atoms with van der Waals surface area (Å²) in [7, 11) is 0. The molecule has 2 aromatic rings. The van der Waals surface area contributed by atoms with Crippen molar-refractivity contribution in [3.05, 3.63) is 47.7 Å². The van der Waals surface area contributed by atoms with Crippen LogP contribution in [0.3, 0.4) is 0 Å². The lowest BCUT2D eigenvalue weighted by Crippen LogP contribution is -2.38. The van der Waals surface area contributed by atoms with Crippen LogP contribution in [0.5, 0.6) is 0 Å². The van der Waals surface area contributed by atoms with Gasteiger partial charge in [-0.15, -0.1) is 0 Å². The smallest absolute Gasteiger partial charge is 0.239 e. The van der Waals surface area contributed by atoms with Gasteiger partial charge in [0.05, 0.1) is 17.8 Å². The van der Waals surface area contributed by atoms with Gasteiger partial charge >= 0.3 is 0 Å². The second-order valence-corrected chi connectivity index (χ2v) is 7.60. The predicted octanol–water partition coefficient (Wildman–Crippen LogP) is 2.39. The number of nitrogens with two attached hydrogens (primary N) is 1. The van der Waals surface area contributed by atoms with Gasteiger partial charge in [0.25, 0.3) is 0 Å². The molecule has 0 saturated heterocycles. The summed E-state index contributed by atoms with van der Waals surface area (Å²) in [4.78, 5) is 14.7. The second-order valence-electron chi connectivity index (χ2n) is 7.60. The number of benzene rings is 1. The van der Waals surface area contributed by atoms with E-state index in [2.05, 4.69) is 48.2 Å². The zero-order valence-corrected chi connectivity index (χ0v) is 16.3. The Labute approximate surface area is 156 Å². The van der Waals surface area contributed by atoms with Crippen LogP contribution in [0.15, 0.2) is 36.4 Å². The van der Waals surface area contributed by atoms with E-state index in [0.29, 0.717) is 19.6 Å². The second kappa shape index (κ2) is 8.96. The van der Waals surface area contributed by atoms with Crippen LogP contribution in [-0.4, -0.2) is 46.8 Å². The van der Waals surface area contributed by atoms with E-state index in [1.165, 1.54) is 5.56 Å². The summed E-state index contributed by atoms with van der Waals surface area (Å²) >= 11 is 0. The topological polar surface area (TPSA) is 76.2 Å². The standard InChI is InChI=1S/C20H31N5O/c1-16-14-18(25(23-16)20(2,3)4)22-19(26)15-24(13-11-21)12-10-17-8-6-5-7-9-17/h5-9,14H,10-13,15,21H2,1-4H3,(H,22,26). The highest BCUT2D eigenvalue weighted by Crippen LogP contribution is 2.21. The molecule has 0 aliphatic heterocycles. The summed E-state index contributed by atoms with van der Waals surface area (Å²) < 4.78 is 1.86. The highest BCUT2D eigenvalue weighted by atomic mass is 16.2. The number of amides is 1. The van der Waals surface area contributed by atoms with Crippen molar-refractivity contribution in [3.8, 4) is 0 Å². The zero-order valence-electron chi connectivity index (χ0n) is 16.3. The van der Waals surface area contributed by atoms with Gasteiger partial charge in [-0.25, -0.2) is 4.68 Å². The maximum Gasteiger partial charge on any atom is 0.239 e. The summed E-state index contributed by atoms with van der Waals surface area (Å²) in [6, 6.07) is 12.2. The fourth-order valence-electron chi connectivity index (χ4n) is 2.87. The van der Waals surface area contributed by atoms with E-state index in [-0.39, 0.29) is 11.4 Å². The number of aryl methyl sites for hydroxylation is 1. The third-order valence-corrected chi connectivity index (χ3v) is 4.11. The monoisotopic (exact) mass is 357 g/mol. The van der Waals surface area contributed by atoms with Crippen LogP contribution in [0, 0.1) is 6.92 Å². The van der Waals surface area contributed by atoms with Gasteiger partial charge < -0.3 is 11.1 Å². The Morgan fingerprint density at radius 1 is 1.23 bits per heavy atom. The highest BCUT2D eigenvalue weighted by molar-refractivity contribution is 5.91. The van der Waals surface area contributed by atoms with Crippen molar-refractivity contribution in [2.75, 3.05) is 31.5 Å². The number of nitrogens with one attached hydrogen (secondary N) is 1. The number of carbonyl (C=O) groups excluding carboxylic acids is 1. The van der Waals surface area contributed by atoms with Crippen molar-refractivity contribution < 1.29 is 4.79 Å². The molecule has 0 saturated carbocycles. The van der Waals surface area contributed by atoms with E-state index in [0.717, 1.165) is 24.5 Å². The molecule has 0 unspecified atom stereocenters. The van der Waals surface area contributed by atoms with Crippen molar-refractivity contribution in [1.82, 2.24) is 14.7 Å². The van der Waals surface area contributed by atoms with E-state index in [1.54, 1.807) is 0 Å². The Hall–Kier alpha value is -2.18. The van der Waals surface area contributed by atoms with E-state index < -0.39 is 0 Å². The molecule has 6 nitrogen and oxygen atoms in total. The number of carbonyl (C=O) groups is 1. The predicted molar refractivity (Wildman–Crippen MR) is 106 cm³/mol. The largest absolute Gasteiger partial charge is 0.329 e. The van der Waals surface area contributed by atoms with Crippen LogP contribution in [0.2, 0.25) is 0 Å². The first kappa shape index (κ1) is 20.1. The molecule has 0 fully saturated rings. The summed E-state index contributed by atoms with van der Waals surface area (Å²) in [6.45, 7) is 10.5. The lowest BCUT2D eigenvalue weighted by atomic mass is 10.1. The Morgan fingerprint density at radius 2 is 1.92 bits per heavy atom. The fourth-order valence-corrected chi connectivity index (χ4v) is 2.87. The molecule has 0 radical (unpaired) electrons. The molecule has 2 rings (SSSR count). The number of hydrogen-bond acceptors (Lipinski definition) is 4. The molecule has 3 N–H and O–H groups in total. The van der Waals surface area contributed by atoms with E-state index in [4.69, 9.17) is 5.73 Å². The number of rotatable bonds is 8. The summed E-state index contributed by atoms with van der Waals surface area (Å²) in [5.74, 6) is 0.688. The lowest BCUT2D eigenvalue weighted by molar-refractivity contribution is -0.117. The number of anilines is 1. The molecule has 0 spiro atoms. The molecule has 6 heteroatoms. The van der Waals surface area contributed by atoms with Gasteiger partial charge in [-0.1, -0.05) is 30.3 Å². The molecule has 0 aliphatic carbocycles. The average molecular weight is 358 g/mol. The third kappa shape index (κ3) is 5.97. The first-order chi connectivity index (χ1) is 12.3. The van der Waals surface area contributed by atoms with E-state index in [9.17, 15) is 4.79 Å². The number of aromatic nitrogens is 2. The van der Waals surface area contributed by atoms with Crippen LogP contribution >= 0.6 is 0 Å². The average Bonchev–Trinajstić information content (AvgIpc) is 2.94. The fraction of sp³-hybridized carbons (Fsp3) is 0.500. The molecule has 0 aliphatic rings. The maximum atomic E-state index is 12.6. The van der Waals surface area contributed by atoms with Crippen LogP contribution in [0.1, 0.15) is 32.0 Å². The molecule has 1 aromatic heterocycles. The molecule has 26 heavy (non-hydrogen) atoms.